The van der Waals surface area contributed by atoms with E-state index in [9.17, 15) is 9.59 Å². The second kappa shape index (κ2) is 8.10. The Morgan fingerprint density at radius 2 is 1.94 bits per heavy atom. The second-order valence-electron chi connectivity index (χ2n) is 3.99. The van der Waals surface area contributed by atoms with Crippen molar-refractivity contribution >= 4 is 11.8 Å². The first-order valence-corrected chi connectivity index (χ1v) is 5.73. The molecule has 0 spiro atoms. The van der Waals surface area contributed by atoms with Gasteiger partial charge in [-0.15, -0.1) is 0 Å². The molecule has 2 amide bonds. The molecule has 0 fully saturated rings. The Labute approximate surface area is 97.6 Å². The smallest absolute Gasteiger partial charge is 0.239 e. The summed E-state index contributed by atoms with van der Waals surface area (Å²) in [6, 6.07) is 0.107. The first-order chi connectivity index (χ1) is 7.51. The molecular formula is C11H23N3O2. The van der Waals surface area contributed by atoms with Crippen molar-refractivity contribution in [3.05, 3.63) is 0 Å². The van der Waals surface area contributed by atoms with Crippen LogP contribution in [0.5, 0.6) is 0 Å². The normalized spacial score (nSPS) is 10.3. The number of carbonyl (C=O) groups is 2. The van der Waals surface area contributed by atoms with E-state index in [2.05, 4.69) is 10.6 Å². The van der Waals surface area contributed by atoms with Gasteiger partial charge in [0.05, 0.1) is 6.54 Å². The standard InChI is InChI=1S/C11H23N3O2/c1-5-11(16)14(7-6-12-4)8-10(15)13-9(2)3/h9,12H,5-8H2,1-4H3,(H,13,15). The van der Waals surface area contributed by atoms with Gasteiger partial charge >= 0.3 is 0 Å². The molecule has 0 rings (SSSR count). The molecule has 0 aliphatic carbocycles. The lowest BCUT2D eigenvalue weighted by Gasteiger charge is -2.22. The van der Waals surface area contributed by atoms with E-state index in [0.717, 1.165) is 0 Å². The molecule has 2 N–H and O–H groups in total. The molecule has 16 heavy (non-hydrogen) atoms. The molecule has 5 nitrogen and oxygen atoms in total. The zero-order valence-corrected chi connectivity index (χ0v) is 10.7. The zero-order valence-electron chi connectivity index (χ0n) is 10.7. The molecule has 94 valence electrons. The molecule has 0 saturated carbocycles. The highest BCUT2D eigenvalue weighted by Gasteiger charge is 2.15. The number of rotatable bonds is 7. The lowest BCUT2D eigenvalue weighted by Crippen LogP contribution is -2.44. The molecule has 0 aliphatic rings. The average Bonchev–Trinajstić information content (AvgIpc) is 2.21. The zero-order chi connectivity index (χ0) is 12.6. The highest BCUT2D eigenvalue weighted by atomic mass is 16.2. The third kappa shape index (κ3) is 6.40. The lowest BCUT2D eigenvalue weighted by molar-refractivity contribution is -0.135. The number of nitrogens with zero attached hydrogens (tertiary/aromatic N) is 1. The van der Waals surface area contributed by atoms with Gasteiger partial charge in [-0.3, -0.25) is 9.59 Å². The van der Waals surface area contributed by atoms with E-state index >= 15 is 0 Å². The van der Waals surface area contributed by atoms with Crippen molar-refractivity contribution in [1.82, 2.24) is 15.5 Å². The number of amides is 2. The Balaban J connectivity index is 4.19. The number of hydrogen-bond donors (Lipinski definition) is 2. The molecule has 0 aromatic heterocycles. The predicted molar refractivity (Wildman–Crippen MR) is 64.1 cm³/mol. The molecular weight excluding hydrogens is 206 g/mol. The van der Waals surface area contributed by atoms with Crippen LogP contribution >= 0.6 is 0 Å². The number of nitrogens with one attached hydrogen (secondary N) is 2. The van der Waals surface area contributed by atoms with E-state index in [1.54, 1.807) is 11.8 Å². The summed E-state index contributed by atoms with van der Waals surface area (Å²) in [6.45, 7) is 7.01. The van der Waals surface area contributed by atoms with Gasteiger partial charge in [0.1, 0.15) is 0 Å². The Bertz CT molecular complexity index is 229. The van der Waals surface area contributed by atoms with Crippen LogP contribution in [-0.4, -0.2) is 49.4 Å². The van der Waals surface area contributed by atoms with Crippen LogP contribution in [0.25, 0.3) is 0 Å². The van der Waals surface area contributed by atoms with Crippen molar-refractivity contribution in [2.45, 2.75) is 33.2 Å². The third-order valence-corrected chi connectivity index (χ3v) is 2.07. The fourth-order valence-electron chi connectivity index (χ4n) is 1.30. The summed E-state index contributed by atoms with van der Waals surface area (Å²) in [6.07, 6.45) is 0.429. The first kappa shape index (κ1) is 14.9. The maximum atomic E-state index is 11.6. The molecule has 0 heterocycles. The van der Waals surface area contributed by atoms with Gasteiger partial charge in [0.15, 0.2) is 0 Å². The van der Waals surface area contributed by atoms with Gasteiger partial charge in [-0.05, 0) is 20.9 Å². The van der Waals surface area contributed by atoms with Crippen molar-refractivity contribution in [1.29, 1.82) is 0 Å². The van der Waals surface area contributed by atoms with E-state index in [1.807, 2.05) is 20.9 Å². The van der Waals surface area contributed by atoms with Crippen molar-refractivity contribution in [3.63, 3.8) is 0 Å². The minimum absolute atomic E-state index is 0.00848. The van der Waals surface area contributed by atoms with Crippen LogP contribution in [0.3, 0.4) is 0 Å². The highest BCUT2D eigenvalue weighted by Crippen LogP contribution is 1.93. The van der Waals surface area contributed by atoms with Gasteiger partial charge in [0.2, 0.25) is 11.8 Å². The molecule has 0 radical (unpaired) electrons. The molecule has 5 heteroatoms. The molecule has 0 bridgehead atoms. The van der Waals surface area contributed by atoms with Crippen LogP contribution in [0.15, 0.2) is 0 Å². The van der Waals surface area contributed by atoms with Crippen molar-refractivity contribution in [2.75, 3.05) is 26.7 Å². The van der Waals surface area contributed by atoms with Gasteiger partial charge in [-0.25, -0.2) is 0 Å². The summed E-state index contributed by atoms with van der Waals surface area (Å²) in [7, 11) is 1.82. The fraction of sp³-hybridized carbons (Fsp3) is 0.818. The number of likely N-dealkylation sites (N-methyl/N-ethyl adjacent to an activating group) is 1. The summed E-state index contributed by atoms with van der Waals surface area (Å²) < 4.78 is 0. The SMILES string of the molecule is CCC(=O)N(CCNC)CC(=O)NC(C)C. The van der Waals surface area contributed by atoms with E-state index < -0.39 is 0 Å². The fourth-order valence-corrected chi connectivity index (χ4v) is 1.30. The summed E-state index contributed by atoms with van der Waals surface area (Å²) >= 11 is 0. The summed E-state index contributed by atoms with van der Waals surface area (Å²) in [5.74, 6) is -0.0953. The minimum atomic E-state index is -0.104. The van der Waals surface area contributed by atoms with Crippen LogP contribution < -0.4 is 10.6 Å². The Hall–Kier alpha value is -1.10. The number of hydrogen-bond acceptors (Lipinski definition) is 3. The molecule has 0 unspecified atom stereocenters. The summed E-state index contributed by atoms with van der Waals surface area (Å²) in [4.78, 5) is 24.7. The third-order valence-electron chi connectivity index (χ3n) is 2.07. The van der Waals surface area contributed by atoms with E-state index in [4.69, 9.17) is 0 Å². The molecule has 0 aliphatic heterocycles. The maximum Gasteiger partial charge on any atom is 0.239 e. The van der Waals surface area contributed by atoms with Crippen molar-refractivity contribution in [2.24, 2.45) is 0 Å². The summed E-state index contributed by atoms with van der Waals surface area (Å²) in [5, 5.41) is 5.74. The first-order valence-electron chi connectivity index (χ1n) is 5.73. The van der Waals surface area contributed by atoms with Crippen molar-refractivity contribution in [3.8, 4) is 0 Å². The Morgan fingerprint density at radius 1 is 1.31 bits per heavy atom. The van der Waals surface area contributed by atoms with E-state index in [-0.39, 0.29) is 24.4 Å². The van der Waals surface area contributed by atoms with Crippen LogP contribution in [0.2, 0.25) is 0 Å². The van der Waals surface area contributed by atoms with Gasteiger partial charge in [0.25, 0.3) is 0 Å². The molecule has 0 atom stereocenters. The maximum absolute atomic E-state index is 11.6. The van der Waals surface area contributed by atoms with Crippen LogP contribution in [0.4, 0.5) is 0 Å². The average molecular weight is 229 g/mol. The van der Waals surface area contributed by atoms with Gasteiger partial charge in [-0.1, -0.05) is 6.92 Å². The largest absolute Gasteiger partial charge is 0.352 e. The van der Waals surface area contributed by atoms with Crippen LogP contribution in [0, 0.1) is 0 Å². The van der Waals surface area contributed by atoms with Crippen molar-refractivity contribution < 1.29 is 9.59 Å². The lowest BCUT2D eigenvalue weighted by atomic mass is 10.3. The van der Waals surface area contributed by atoms with Gasteiger partial charge < -0.3 is 15.5 Å². The topological polar surface area (TPSA) is 61.4 Å². The Kier molecular flexibility index (Phi) is 7.54. The van der Waals surface area contributed by atoms with Gasteiger partial charge in [0, 0.05) is 25.6 Å². The monoisotopic (exact) mass is 229 g/mol. The molecule has 0 aromatic rings. The second-order valence-corrected chi connectivity index (χ2v) is 3.99. The van der Waals surface area contributed by atoms with E-state index in [1.165, 1.54) is 0 Å². The highest BCUT2D eigenvalue weighted by molar-refractivity contribution is 5.84. The van der Waals surface area contributed by atoms with Crippen LogP contribution in [-0.2, 0) is 9.59 Å². The minimum Gasteiger partial charge on any atom is -0.352 e. The van der Waals surface area contributed by atoms with Gasteiger partial charge in [-0.2, -0.15) is 0 Å². The van der Waals surface area contributed by atoms with E-state index in [0.29, 0.717) is 19.5 Å². The molecule has 0 aromatic carbocycles. The molecule has 0 saturated heterocycles. The summed E-state index contributed by atoms with van der Waals surface area (Å²) in [5.41, 5.74) is 0. The quantitative estimate of drug-likeness (QED) is 0.644. The predicted octanol–water partition coefficient (Wildman–Crippen LogP) is -0.0310. The number of carbonyl (C=O) groups excluding carboxylic acids is 2. The Morgan fingerprint density at radius 3 is 2.38 bits per heavy atom. The van der Waals surface area contributed by atoms with Crippen LogP contribution in [0.1, 0.15) is 27.2 Å².